The van der Waals surface area contributed by atoms with Crippen molar-refractivity contribution in [3.63, 3.8) is 0 Å². The summed E-state index contributed by atoms with van der Waals surface area (Å²) in [6.07, 6.45) is 0.280. The zero-order valence-electron chi connectivity index (χ0n) is 8.21. The van der Waals surface area contributed by atoms with Crippen molar-refractivity contribution in [2.24, 2.45) is 0 Å². The van der Waals surface area contributed by atoms with Crippen LogP contribution in [0.3, 0.4) is 0 Å². The predicted octanol–water partition coefficient (Wildman–Crippen LogP) is 1.55. The SMILES string of the molecule is CCCCCC(F)(P(=O)(O)O)P(=O)(O)O. The van der Waals surface area contributed by atoms with Crippen LogP contribution in [-0.4, -0.2) is 24.7 Å². The maximum Gasteiger partial charge on any atom is 0.375 e. The molecule has 0 saturated heterocycles. The third-order valence-electron chi connectivity index (χ3n) is 1.99. The highest BCUT2D eigenvalue weighted by Crippen LogP contribution is 2.71. The Kier molecular flexibility index (Phi) is 5.12. The lowest BCUT2D eigenvalue weighted by Crippen LogP contribution is -2.23. The molecule has 4 N–H and O–H groups in total. The summed E-state index contributed by atoms with van der Waals surface area (Å²) in [6.45, 7) is 1.77. The number of rotatable bonds is 6. The van der Waals surface area contributed by atoms with Crippen LogP contribution in [0.5, 0.6) is 0 Å². The lowest BCUT2D eigenvalue weighted by atomic mass is 10.2. The molecule has 0 atom stereocenters. The van der Waals surface area contributed by atoms with Crippen molar-refractivity contribution in [1.82, 2.24) is 0 Å². The first-order chi connectivity index (χ1) is 6.56. The fourth-order valence-electron chi connectivity index (χ4n) is 1.06. The summed E-state index contributed by atoms with van der Waals surface area (Å²) < 4.78 is 35.0. The van der Waals surface area contributed by atoms with Gasteiger partial charge < -0.3 is 19.6 Å². The van der Waals surface area contributed by atoms with Crippen molar-refractivity contribution in [2.45, 2.75) is 37.8 Å². The van der Waals surface area contributed by atoms with Gasteiger partial charge in [0.25, 0.3) is 0 Å². The van der Waals surface area contributed by atoms with Crippen LogP contribution in [0.25, 0.3) is 0 Å². The fourth-order valence-corrected chi connectivity index (χ4v) is 3.32. The van der Waals surface area contributed by atoms with Crippen molar-refractivity contribution < 1.29 is 33.1 Å². The second-order valence-electron chi connectivity index (χ2n) is 3.26. The molecular formula is C6H15FO6P2. The highest BCUT2D eigenvalue weighted by molar-refractivity contribution is 7.72. The van der Waals surface area contributed by atoms with E-state index in [1.165, 1.54) is 0 Å². The quantitative estimate of drug-likeness (QED) is 0.427. The number of halogens is 1. The Morgan fingerprint density at radius 3 is 1.73 bits per heavy atom. The Bertz CT molecular complexity index is 272. The first-order valence-corrected chi connectivity index (χ1v) is 7.59. The predicted molar refractivity (Wildman–Crippen MR) is 52.1 cm³/mol. The van der Waals surface area contributed by atoms with E-state index in [4.69, 9.17) is 19.6 Å². The summed E-state index contributed by atoms with van der Waals surface area (Å²) in [6, 6.07) is 0. The molecule has 0 unspecified atom stereocenters. The zero-order chi connectivity index (χ0) is 12.3. The molecule has 0 spiro atoms. The maximum absolute atomic E-state index is 13.6. The topological polar surface area (TPSA) is 115 Å². The molecule has 0 fully saturated rings. The molecule has 92 valence electrons. The molecule has 0 bridgehead atoms. The van der Waals surface area contributed by atoms with Gasteiger partial charge in [-0.15, -0.1) is 0 Å². The Balaban J connectivity index is 4.91. The molecule has 0 aliphatic heterocycles. The van der Waals surface area contributed by atoms with Gasteiger partial charge in [0.15, 0.2) is 0 Å². The molecule has 0 aromatic heterocycles. The minimum absolute atomic E-state index is 0.0171. The number of alkyl halides is 1. The van der Waals surface area contributed by atoms with E-state index in [1.54, 1.807) is 6.92 Å². The van der Waals surface area contributed by atoms with E-state index in [2.05, 4.69) is 0 Å². The van der Waals surface area contributed by atoms with Gasteiger partial charge in [0.1, 0.15) is 0 Å². The summed E-state index contributed by atoms with van der Waals surface area (Å²) in [5, 5.41) is -3.74. The third kappa shape index (κ3) is 3.63. The van der Waals surface area contributed by atoms with Crippen molar-refractivity contribution >= 4 is 15.2 Å². The number of hydrogen-bond acceptors (Lipinski definition) is 2. The van der Waals surface area contributed by atoms with Gasteiger partial charge in [0, 0.05) is 6.42 Å². The van der Waals surface area contributed by atoms with Crippen molar-refractivity contribution in [3.8, 4) is 0 Å². The monoisotopic (exact) mass is 264 g/mol. The van der Waals surface area contributed by atoms with Crippen LogP contribution in [0.1, 0.15) is 32.6 Å². The van der Waals surface area contributed by atoms with E-state index in [1.807, 2.05) is 0 Å². The van der Waals surface area contributed by atoms with Gasteiger partial charge >= 0.3 is 20.3 Å². The maximum atomic E-state index is 13.6. The van der Waals surface area contributed by atoms with Gasteiger partial charge in [0.05, 0.1) is 0 Å². The minimum atomic E-state index is -5.48. The second kappa shape index (κ2) is 5.04. The molecular weight excluding hydrogens is 249 g/mol. The normalized spacial score (nSPS) is 14.3. The van der Waals surface area contributed by atoms with E-state index in [0.717, 1.165) is 0 Å². The summed E-state index contributed by atoms with van der Waals surface area (Å²) in [7, 11) is -11.0. The van der Waals surface area contributed by atoms with E-state index < -0.39 is 26.8 Å². The lowest BCUT2D eigenvalue weighted by molar-refractivity contribution is 0.210. The zero-order valence-corrected chi connectivity index (χ0v) is 10.00. The molecule has 15 heavy (non-hydrogen) atoms. The highest BCUT2D eigenvalue weighted by Gasteiger charge is 2.60. The molecule has 0 aliphatic carbocycles. The largest absolute Gasteiger partial charge is 0.375 e. The van der Waals surface area contributed by atoms with Crippen molar-refractivity contribution in [3.05, 3.63) is 0 Å². The molecule has 6 nitrogen and oxygen atoms in total. The van der Waals surface area contributed by atoms with Crippen LogP contribution in [0.15, 0.2) is 0 Å². The van der Waals surface area contributed by atoms with E-state index >= 15 is 0 Å². The molecule has 0 aromatic rings. The van der Waals surface area contributed by atoms with Crippen LogP contribution in [0, 0.1) is 0 Å². The fraction of sp³-hybridized carbons (Fsp3) is 1.00. The van der Waals surface area contributed by atoms with Crippen LogP contribution in [-0.2, 0) is 9.13 Å². The smallest absolute Gasteiger partial charge is 0.322 e. The highest BCUT2D eigenvalue weighted by atomic mass is 31.2. The minimum Gasteiger partial charge on any atom is -0.322 e. The van der Waals surface area contributed by atoms with E-state index in [-0.39, 0.29) is 6.42 Å². The summed E-state index contributed by atoms with van der Waals surface area (Å²) in [5.41, 5.74) is 0. The Hall–Kier alpha value is 0.230. The lowest BCUT2D eigenvalue weighted by Gasteiger charge is -2.26. The van der Waals surface area contributed by atoms with Crippen molar-refractivity contribution in [1.29, 1.82) is 0 Å². The number of unbranched alkanes of at least 4 members (excludes halogenated alkanes) is 2. The van der Waals surface area contributed by atoms with Crippen molar-refractivity contribution in [2.75, 3.05) is 0 Å². The molecule has 0 heterocycles. The van der Waals surface area contributed by atoms with E-state index in [9.17, 15) is 13.5 Å². The van der Waals surface area contributed by atoms with Gasteiger partial charge in [-0.3, -0.25) is 9.13 Å². The third-order valence-corrected chi connectivity index (χ3v) is 5.79. The van der Waals surface area contributed by atoms with Gasteiger partial charge in [-0.05, 0) is 6.42 Å². The Labute approximate surface area is 86.8 Å². The molecule has 0 amide bonds. The van der Waals surface area contributed by atoms with E-state index in [0.29, 0.717) is 12.8 Å². The average molecular weight is 264 g/mol. The number of hydrogen-bond donors (Lipinski definition) is 4. The average Bonchev–Trinajstić information content (AvgIpc) is 2.00. The molecule has 0 rings (SSSR count). The first kappa shape index (κ1) is 15.2. The van der Waals surface area contributed by atoms with Crippen LogP contribution >= 0.6 is 15.2 Å². The Morgan fingerprint density at radius 2 is 1.47 bits per heavy atom. The standard InChI is InChI=1S/C6H15FO6P2/c1-2-3-4-5-6(7,14(8,9)10)15(11,12)13/h2-5H2,1H3,(H2,8,9,10)(H2,11,12,13). The van der Waals surface area contributed by atoms with Gasteiger partial charge in [0.2, 0.25) is 0 Å². The molecule has 0 aromatic carbocycles. The molecule has 0 aliphatic rings. The van der Waals surface area contributed by atoms with Gasteiger partial charge in [-0.2, -0.15) is 0 Å². The summed E-state index contributed by atoms with van der Waals surface area (Å²) in [5.74, 6) is 0. The van der Waals surface area contributed by atoms with Crippen LogP contribution < -0.4 is 0 Å². The van der Waals surface area contributed by atoms with Gasteiger partial charge in [-0.1, -0.05) is 19.8 Å². The van der Waals surface area contributed by atoms with Crippen LogP contribution in [0.4, 0.5) is 4.39 Å². The first-order valence-electron chi connectivity index (χ1n) is 4.36. The van der Waals surface area contributed by atoms with Crippen LogP contribution in [0.2, 0.25) is 0 Å². The molecule has 0 saturated carbocycles. The van der Waals surface area contributed by atoms with Gasteiger partial charge in [-0.25, -0.2) is 4.39 Å². The summed E-state index contributed by atoms with van der Waals surface area (Å²) in [4.78, 5) is 34.5. The Morgan fingerprint density at radius 1 is 1.07 bits per heavy atom. The molecule has 0 radical (unpaired) electrons. The molecule has 9 heteroatoms. The summed E-state index contributed by atoms with van der Waals surface area (Å²) >= 11 is 0. The second-order valence-corrected chi connectivity index (χ2v) is 7.21.